The number of carboxylic acid groups (broad SMARTS) is 1. The summed E-state index contributed by atoms with van der Waals surface area (Å²) in [5.74, 6) is -2.99. The van der Waals surface area contributed by atoms with E-state index in [1.807, 2.05) is 6.92 Å². The molecule has 0 saturated heterocycles. The molecule has 0 saturated carbocycles. The largest absolute Gasteiger partial charge is 0.481 e. The van der Waals surface area contributed by atoms with Crippen molar-refractivity contribution >= 4 is 22.3 Å². The Hall–Kier alpha value is -1.73. The lowest BCUT2D eigenvalue weighted by Crippen LogP contribution is -2.37. The Morgan fingerprint density at radius 2 is 1.90 bits per heavy atom. The van der Waals surface area contributed by atoms with Gasteiger partial charge in [0, 0.05) is 12.5 Å². The number of rotatable bonds is 8. The zero-order valence-corrected chi connectivity index (χ0v) is 12.8. The van der Waals surface area contributed by atoms with E-state index in [0.717, 1.165) is 5.56 Å². The Labute approximate surface area is 124 Å². The van der Waals surface area contributed by atoms with Gasteiger partial charge in [-0.05, 0) is 25.5 Å². The lowest BCUT2D eigenvalue weighted by molar-refractivity contribution is -0.144. The van der Waals surface area contributed by atoms with Gasteiger partial charge >= 0.3 is 5.97 Å². The maximum absolute atomic E-state index is 12.1. The van der Waals surface area contributed by atoms with E-state index in [4.69, 9.17) is 5.11 Å². The highest BCUT2D eigenvalue weighted by molar-refractivity contribution is 7.89. The van der Waals surface area contributed by atoms with Crippen molar-refractivity contribution < 1.29 is 23.1 Å². The van der Waals surface area contributed by atoms with Crippen molar-refractivity contribution in [1.29, 1.82) is 0 Å². The number of aldehydes is 1. The molecular formula is C14H19NO5S. The van der Waals surface area contributed by atoms with Crippen LogP contribution < -0.4 is 4.72 Å². The number of carboxylic acids is 1. The minimum Gasteiger partial charge on any atom is -0.481 e. The molecule has 1 aromatic carbocycles. The van der Waals surface area contributed by atoms with Crippen LogP contribution in [0.1, 0.15) is 18.9 Å². The first-order chi connectivity index (χ1) is 9.81. The van der Waals surface area contributed by atoms with E-state index < -0.39 is 27.8 Å². The monoisotopic (exact) mass is 313 g/mol. The first kappa shape index (κ1) is 17.3. The molecule has 0 amide bonds. The molecule has 2 atom stereocenters. The Morgan fingerprint density at radius 1 is 1.33 bits per heavy atom. The van der Waals surface area contributed by atoms with Crippen LogP contribution in [0.5, 0.6) is 0 Å². The number of sulfonamides is 1. The standard InChI is InChI=1S/C14H19NO5S/c1-3-11(9-16)13(14(17)18)8-15-21(19,20)12-6-4-10(2)5-7-12/h4-7,9,11,13,15H,3,8H2,1-2H3,(H,17,18)/t11-,13+/m1/s1. The molecule has 21 heavy (non-hydrogen) atoms. The van der Waals surface area contributed by atoms with Gasteiger partial charge in [-0.25, -0.2) is 13.1 Å². The highest BCUT2D eigenvalue weighted by Gasteiger charge is 2.28. The third kappa shape index (κ3) is 4.64. The van der Waals surface area contributed by atoms with Crippen LogP contribution in [0.2, 0.25) is 0 Å². The molecule has 2 N–H and O–H groups in total. The number of aliphatic carboxylic acids is 1. The van der Waals surface area contributed by atoms with Crippen LogP contribution in [0, 0.1) is 18.8 Å². The minimum absolute atomic E-state index is 0.0661. The summed E-state index contributed by atoms with van der Waals surface area (Å²) in [6.45, 7) is 3.20. The Bertz CT molecular complexity index is 594. The van der Waals surface area contributed by atoms with Gasteiger partial charge in [0.2, 0.25) is 10.0 Å². The summed E-state index contributed by atoms with van der Waals surface area (Å²) in [6, 6.07) is 6.21. The maximum Gasteiger partial charge on any atom is 0.308 e. The van der Waals surface area contributed by atoms with Crippen LogP contribution in [0.25, 0.3) is 0 Å². The van der Waals surface area contributed by atoms with Crippen LogP contribution in [-0.2, 0) is 19.6 Å². The second-order valence-corrected chi connectivity index (χ2v) is 6.58. The summed E-state index contributed by atoms with van der Waals surface area (Å²) < 4.78 is 26.4. The molecule has 116 valence electrons. The van der Waals surface area contributed by atoms with Crippen LogP contribution >= 0.6 is 0 Å². The Kier molecular flexibility index (Phi) is 6.04. The van der Waals surface area contributed by atoms with Crippen molar-refractivity contribution in [1.82, 2.24) is 4.72 Å². The lowest BCUT2D eigenvalue weighted by Gasteiger charge is -2.18. The van der Waals surface area contributed by atoms with Gasteiger partial charge < -0.3 is 9.90 Å². The Morgan fingerprint density at radius 3 is 2.33 bits per heavy atom. The number of aryl methyl sites for hydroxylation is 1. The molecule has 0 aromatic heterocycles. The Balaban J connectivity index is 2.86. The van der Waals surface area contributed by atoms with Gasteiger partial charge in [-0.1, -0.05) is 24.6 Å². The highest BCUT2D eigenvalue weighted by atomic mass is 32.2. The number of nitrogens with one attached hydrogen (secondary N) is 1. The molecule has 0 heterocycles. The first-order valence-corrected chi connectivity index (χ1v) is 8.04. The summed E-state index contributed by atoms with van der Waals surface area (Å²) >= 11 is 0. The quantitative estimate of drug-likeness (QED) is 0.702. The maximum atomic E-state index is 12.1. The van der Waals surface area contributed by atoms with Gasteiger partial charge in [0.05, 0.1) is 10.8 Å². The summed E-state index contributed by atoms with van der Waals surface area (Å²) in [5.41, 5.74) is 0.921. The molecule has 0 aliphatic carbocycles. The third-order valence-corrected chi connectivity index (χ3v) is 4.74. The van der Waals surface area contributed by atoms with Crippen molar-refractivity contribution in [2.45, 2.75) is 25.2 Å². The fraction of sp³-hybridized carbons (Fsp3) is 0.429. The van der Waals surface area contributed by atoms with Crippen LogP contribution in [0.4, 0.5) is 0 Å². The average molecular weight is 313 g/mol. The van der Waals surface area contributed by atoms with E-state index in [1.165, 1.54) is 12.1 Å². The topological polar surface area (TPSA) is 101 Å². The smallest absolute Gasteiger partial charge is 0.308 e. The van der Waals surface area contributed by atoms with E-state index in [-0.39, 0.29) is 11.4 Å². The molecule has 0 spiro atoms. The molecule has 0 aliphatic heterocycles. The van der Waals surface area contributed by atoms with Gasteiger partial charge in [0.15, 0.2) is 0 Å². The number of hydrogen-bond donors (Lipinski definition) is 2. The predicted octanol–water partition coefficient (Wildman–Crippen LogP) is 1.20. The summed E-state index contributed by atoms with van der Waals surface area (Å²) in [6.07, 6.45) is 0.895. The minimum atomic E-state index is -3.78. The number of carbonyl (C=O) groups excluding carboxylic acids is 1. The van der Waals surface area contributed by atoms with E-state index in [2.05, 4.69) is 4.72 Å². The molecule has 0 radical (unpaired) electrons. The average Bonchev–Trinajstić information content (AvgIpc) is 2.43. The zero-order valence-electron chi connectivity index (χ0n) is 11.9. The summed E-state index contributed by atoms with van der Waals surface area (Å²) in [5, 5.41) is 9.12. The number of benzene rings is 1. The van der Waals surface area contributed by atoms with E-state index in [0.29, 0.717) is 12.7 Å². The fourth-order valence-corrected chi connectivity index (χ4v) is 2.96. The van der Waals surface area contributed by atoms with E-state index >= 15 is 0 Å². The molecule has 6 nitrogen and oxygen atoms in total. The molecule has 7 heteroatoms. The molecule has 0 aliphatic rings. The third-order valence-electron chi connectivity index (χ3n) is 3.30. The van der Waals surface area contributed by atoms with Crippen LogP contribution in [-0.4, -0.2) is 32.3 Å². The summed E-state index contributed by atoms with van der Waals surface area (Å²) in [7, 11) is -3.78. The number of hydrogen-bond acceptors (Lipinski definition) is 4. The number of carbonyl (C=O) groups is 2. The van der Waals surface area contributed by atoms with Crippen molar-refractivity contribution in [2.24, 2.45) is 11.8 Å². The molecule has 0 unspecified atom stereocenters. The normalized spacial score (nSPS) is 14.4. The highest BCUT2D eigenvalue weighted by Crippen LogP contribution is 2.15. The van der Waals surface area contributed by atoms with Gasteiger partial charge in [-0.2, -0.15) is 0 Å². The van der Waals surface area contributed by atoms with Crippen molar-refractivity contribution in [2.75, 3.05) is 6.54 Å². The SMILES string of the molecule is CC[C@H](C=O)[C@H](CNS(=O)(=O)c1ccc(C)cc1)C(=O)O. The lowest BCUT2D eigenvalue weighted by atomic mass is 9.91. The second kappa shape index (κ2) is 7.33. The van der Waals surface area contributed by atoms with E-state index in [1.54, 1.807) is 19.1 Å². The molecule has 1 rings (SSSR count). The van der Waals surface area contributed by atoms with Crippen molar-refractivity contribution in [3.8, 4) is 0 Å². The van der Waals surface area contributed by atoms with Crippen LogP contribution in [0.15, 0.2) is 29.2 Å². The van der Waals surface area contributed by atoms with Gasteiger partial charge in [0.1, 0.15) is 6.29 Å². The van der Waals surface area contributed by atoms with Gasteiger partial charge in [0.25, 0.3) is 0 Å². The fourth-order valence-electron chi connectivity index (χ4n) is 1.90. The molecule has 0 bridgehead atoms. The first-order valence-electron chi connectivity index (χ1n) is 6.56. The van der Waals surface area contributed by atoms with Crippen molar-refractivity contribution in [3.05, 3.63) is 29.8 Å². The van der Waals surface area contributed by atoms with Gasteiger partial charge in [-0.3, -0.25) is 4.79 Å². The molecule has 1 aromatic rings. The van der Waals surface area contributed by atoms with Gasteiger partial charge in [-0.15, -0.1) is 0 Å². The second-order valence-electron chi connectivity index (χ2n) is 4.82. The summed E-state index contributed by atoms with van der Waals surface area (Å²) in [4.78, 5) is 22.1. The predicted molar refractivity (Wildman–Crippen MR) is 77.3 cm³/mol. The van der Waals surface area contributed by atoms with Crippen LogP contribution in [0.3, 0.4) is 0 Å². The van der Waals surface area contributed by atoms with E-state index in [9.17, 15) is 18.0 Å². The molecule has 0 fully saturated rings. The van der Waals surface area contributed by atoms with Crippen molar-refractivity contribution in [3.63, 3.8) is 0 Å². The molecular weight excluding hydrogens is 294 g/mol. The zero-order chi connectivity index (χ0) is 16.0.